The topological polar surface area (TPSA) is 54.7 Å². The Morgan fingerprint density at radius 2 is 1.82 bits per heavy atom. The molecule has 0 spiro atoms. The highest BCUT2D eigenvalue weighted by atomic mass is 35.5. The van der Waals surface area contributed by atoms with E-state index in [1.165, 1.54) is 0 Å². The van der Waals surface area contributed by atoms with E-state index in [1.54, 1.807) is 0 Å². The van der Waals surface area contributed by atoms with Crippen molar-refractivity contribution in [3.63, 3.8) is 0 Å². The summed E-state index contributed by atoms with van der Waals surface area (Å²) < 4.78 is 2.24. The monoisotopic (exact) mass is 415 g/mol. The lowest BCUT2D eigenvalue weighted by atomic mass is 9.88. The minimum Gasteiger partial charge on any atom is -0.371 e. The summed E-state index contributed by atoms with van der Waals surface area (Å²) in [5.41, 5.74) is 6.62. The molecule has 4 rings (SSSR count). The van der Waals surface area contributed by atoms with Crippen molar-refractivity contribution in [2.75, 3.05) is 18.5 Å². The summed E-state index contributed by atoms with van der Waals surface area (Å²) in [5, 5.41) is 4.83. The van der Waals surface area contributed by atoms with Crippen LogP contribution in [0.2, 0.25) is 10.0 Å². The van der Waals surface area contributed by atoms with Gasteiger partial charge in [-0.3, -0.25) is 4.79 Å². The number of likely N-dealkylation sites (N-methyl/N-ethyl adjacent to an activating group) is 1. The minimum absolute atomic E-state index is 0.0649. The van der Waals surface area contributed by atoms with E-state index in [0.29, 0.717) is 10.0 Å². The van der Waals surface area contributed by atoms with Crippen molar-refractivity contribution < 1.29 is 4.79 Å². The number of benzene rings is 2. The molecule has 0 bridgehead atoms. The van der Waals surface area contributed by atoms with Gasteiger partial charge in [-0.15, -0.1) is 4.91 Å². The van der Waals surface area contributed by atoms with Crippen LogP contribution in [-0.2, 0) is 17.8 Å². The summed E-state index contributed by atoms with van der Waals surface area (Å²) in [4.78, 5) is 25.1. The number of rotatable bonds is 3. The molecule has 0 radical (unpaired) electrons. The fourth-order valence-corrected chi connectivity index (χ4v) is 4.70. The van der Waals surface area contributed by atoms with E-state index < -0.39 is 5.91 Å². The second kappa shape index (κ2) is 6.90. The number of anilines is 1. The molecular weight excluding hydrogens is 397 g/mol. The summed E-state index contributed by atoms with van der Waals surface area (Å²) in [5.74, 6) is -0.699. The Morgan fingerprint density at radius 3 is 2.46 bits per heavy atom. The van der Waals surface area contributed by atoms with Gasteiger partial charge in [0.05, 0.1) is 22.6 Å². The molecular formula is C21H19Cl2N3O2. The molecule has 0 N–H and O–H groups in total. The van der Waals surface area contributed by atoms with Crippen molar-refractivity contribution in [1.82, 2.24) is 4.57 Å². The highest BCUT2D eigenvalue weighted by Crippen LogP contribution is 2.48. The lowest BCUT2D eigenvalue weighted by molar-refractivity contribution is -0.117. The molecule has 1 aliphatic heterocycles. The molecule has 2 aromatic carbocycles. The minimum atomic E-state index is -0.699. The van der Waals surface area contributed by atoms with Gasteiger partial charge in [0.2, 0.25) is 0 Å². The van der Waals surface area contributed by atoms with E-state index in [4.69, 9.17) is 23.2 Å². The Bertz CT molecular complexity index is 1130. The third-order valence-electron chi connectivity index (χ3n) is 5.64. The number of hydrogen-bond acceptors (Lipinski definition) is 3. The van der Waals surface area contributed by atoms with Gasteiger partial charge in [-0.05, 0) is 48.2 Å². The number of amides is 1. The smallest absolute Gasteiger partial charge is 0.290 e. The van der Waals surface area contributed by atoms with E-state index in [2.05, 4.69) is 14.6 Å². The molecule has 0 unspecified atom stereocenters. The van der Waals surface area contributed by atoms with Gasteiger partial charge in [0.25, 0.3) is 5.91 Å². The zero-order valence-corrected chi connectivity index (χ0v) is 17.4. The number of carbonyl (C=O) groups excluding carboxylic acids is 1. The van der Waals surface area contributed by atoms with Gasteiger partial charge < -0.3 is 9.47 Å². The van der Waals surface area contributed by atoms with Gasteiger partial charge in [0.1, 0.15) is 0 Å². The summed E-state index contributed by atoms with van der Waals surface area (Å²) >= 11 is 12.9. The summed E-state index contributed by atoms with van der Waals surface area (Å²) in [6, 6.07) is 7.45. The summed E-state index contributed by atoms with van der Waals surface area (Å²) in [7, 11) is 2.03. The first-order valence-corrected chi connectivity index (χ1v) is 9.77. The molecule has 2 heterocycles. The maximum absolute atomic E-state index is 12.0. The molecule has 1 aliphatic rings. The number of carbonyl (C=O) groups is 1. The van der Waals surface area contributed by atoms with E-state index in [1.807, 2.05) is 45.2 Å². The van der Waals surface area contributed by atoms with Gasteiger partial charge in [-0.2, -0.15) is 0 Å². The van der Waals surface area contributed by atoms with Crippen molar-refractivity contribution >= 4 is 45.7 Å². The predicted molar refractivity (Wildman–Crippen MR) is 115 cm³/mol. The molecule has 0 fully saturated rings. The van der Waals surface area contributed by atoms with Crippen LogP contribution in [0.15, 0.2) is 29.4 Å². The lowest BCUT2D eigenvalue weighted by Gasteiger charge is -2.31. The average Bonchev–Trinajstić information content (AvgIpc) is 2.93. The van der Waals surface area contributed by atoms with E-state index in [9.17, 15) is 9.70 Å². The van der Waals surface area contributed by atoms with Crippen LogP contribution in [0.5, 0.6) is 0 Å². The van der Waals surface area contributed by atoms with Crippen LogP contribution in [0.4, 0.5) is 5.69 Å². The van der Waals surface area contributed by atoms with E-state index >= 15 is 0 Å². The molecule has 0 atom stereocenters. The largest absolute Gasteiger partial charge is 0.371 e. The Hall–Kier alpha value is -2.37. The van der Waals surface area contributed by atoms with Crippen molar-refractivity contribution in [1.29, 1.82) is 0 Å². The molecule has 0 aliphatic carbocycles. The second-order valence-corrected chi connectivity index (χ2v) is 8.01. The first-order valence-electron chi connectivity index (χ1n) is 9.02. The first kappa shape index (κ1) is 19.0. The third-order valence-corrected chi connectivity index (χ3v) is 6.35. The number of hydrogen-bond donors (Lipinski definition) is 0. The highest BCUT2D eigenvalue weighted by Gasteiger charge is 2.30. The van der Waals surface area contributed by atoms with Gasteiger partial charge in [-0.25, -0.2) is 0 Å². The SMILES string of the molecule is Cc1c(CC(=O)N=O)c(-c2ccc(Cl)cc2)c2c(Cl)c(C)n3c2c1N(C)CC3. The van der Waals surface area contributed by atoms with Crippen LogP contribution in [0, 0.1) is 18.8 Å². The molecule has 1 aromatic heterocycles. The predicted octanol–water partition coefficient (Wildman–Crippen LogP) is 5.52. The molecule has 5 nitrogen and oxygen atoms in total. The van der Waals surface area contributed by atoms with Gasteiger partial charge in [0, 0.05) is 41.4 Å². The quantitative estimate of drug-likeness (QED) is 0.529. The fourth-order valence-electron chi connectivity index (χ4n) is 4.29. The van der Waals surface area contributed by atoms with E-state index in [0.717, 1.165) is 57.6 Å². The molecule has 0 saturated carbocycles. The normalized spacial score (nSPS) is 13.2. The Morgan fingerprint density at radius 1 is 1.14 bits per heavy atom. The zero-order valence-electron chi connectivity index (χ0n) is 15.8. The van der Waals surface area contributed by atoms with Crippen molar-refractivity contribution in [3.05, 3.63) is 56.0 Å². The van der Waals surface area contributed by atoms with Crippen LogP contribution in [0.1, 0.15) is 16.8 Å². The maximum Gasteiger partial charge on any atom is 0.290 e. The van der Waals surface area contributed by atoms with Gasteiger partial charge >= 0.3 is 0 Å². The highest BCUT2D eigenvalue weighted by molar-refractivity contribution is 6.38. The Kier molecular flexibility index (Phi) is 4.68. The number of halogens is 2. The van der Waals surface area contributed by atoms with Gasteiger partial charge in [-0.1, -0.05) is 35.3 Å². The molecule has 7 heteroatoms. The number of aromatic nitrogens is 1. The number of nitrogens with zero attached hydrogens (tertiary/aromatic N) is 3. The van der Waals surface area contributed by atoms with Crippen LogP contribution in [0.3, 0.4) is 0 Å². The summed E-state index contributed by atoms with van der Waals surface area (Å²) in [6.07, 6.45) is -0.0649. The van der Waals surface area contributed by atoms with Crippen LogP contribution >= 0.6 is 23.2 Å². The van der Waals surface area contributed by atoms with Crippen LogP contribution in [-0.4, -0.2) is 24.1 Å². The Balaban J connectivity index is 2.19. The third kappa shape index (κ3) is 2.73. The molecule has 1 amide bonds. The number of nitroso groups, excluding NO2 is 1. The molecule has 3 aromatic rings. The zero-order chi connectivity index (χ0) is 20.2. The van der Waals surface area contributed by atoms with Crippen molar-refractivity contribution in [2.45, 2.75) is 26.8 Å². The van der Waals surface area contributed by atoms with Gasteiger partial charge in [0.15, 0.2) is 0 Å². The average molecular weight is 416 g/mol. The van der Waals surface area contributed by atoms with Crippen molar-refractivity contribution in [3.8, 4) is 11.1 Å². The fraction of sp³-hybridized carbons (Fsp3) is 0.286. The van der Waals surface area contributed by atoms with E-state index in [-0.39, 0.29) is 6.42 Å². The standard InChI is InChI=1S/C21H19Cl2N3O2/c1-11-15(10-16(27)24-28)17(13-4-6-14(22)7-5-13)18-19(23)12(2)26-9-8-25(3)20(11)21(18)26/h4-7H,8-10H2,1-3H3. The van der Waals surface area contributed by atoms with Crippen LogP contribution in [0.25, 0.3) is 22.0 Å². The lowest BCUT2D eigenvalue weighted by Crippen LogP contribution is -2.29. The summed E-state index contributed by atoms with van der Waals surface area (Å²) in [6.45, 7) is 5.68. The molecule has 28 heavy (non-hydrogen) atoms. The van der Waals surface area contributed by atoms with Crippen LogP contribution < -0.4 is 4.90 Å². The maximum atomic E-state index is 12.0. The second-order valence-electron chi connectivity index (χ2n) is 7.19. The first-order chi connectivity index (χ1) is 13.3. The molecule has 144 valence electrons. The molecule has 0 saturated heterocycles. The Labute approximate surface area is 172 Å². The van der Waals surface area contributed by atoms with Crippen molar-refractivity contribution in [2.24, 2.45) is 5.18 Å².